The molecule has 0 aliphatic heterocycles. The first-order valence-corrected chi connectivity index (χ1v) is 5.18. The molecule has 78 valence electrons. The van der Waals surface area contributed by atoms with Crippen molar-refractivity contribution in [1.29, 1.82) is 0 Å². The van der Waals surface area contributed by atoms with E-state index in [2.05, 4.69) is 15.9 Å². The molecule has 1 aromatic rings. The summed E-state index contributed by atoms with van der Waals surface area (Å²) < 4.78 is 38.9. The summed E-state index contributed by atoms with van der Waals surface area (Å²) in [5.74, 6) is -3.93. The van der Waals surface area contributed by atoms with Crippen molar-refractivity contribution in [1.82, 2.24) is 0 Å². The smallest absolute Gasteiger partial charge is 0.194 e. The van der Waals surface area contributed by atoms with E-state index in [-0.39, 0.29) is 10.0 Å². The number of hydrogen-bond acceptors (Lipinski definition) is 0. The van der Waals surface area contributed by atoms with Gasteiger partial charge in [0, 0.05) is 10.0 Å². The molecule has 0 saturated heterocycles. The van der Waals surface area contributed by atoms with Crippen LogP contribution in [0.1, 0.15) is 24.3 Å². The van der Waals surface area contributed by atoms with Crippen LogP contribution in [0.4, 0.5) is 13.2 Å². The minimum atomic E-state index is -1.48. The van der Waals surface area contributed by atoms with Gasteiger partial charge in [0.25, 0.3) is 0 Å². The highest BCUT2D eigenvalue weighted by Crippen LogP contribution is 2.34. The van der Waals surface area contributed by atoms with Crippen molar-refractivity contribution in [2.45, 2.75) is 18.7 Å². The standard InChI is InChI=1S/C9H7BrClF3/c1-2-5(11)7-4(10)3-6(12)8(13)9(7)14/h3,5H,2H2,1H3. The molecule has 1 atom stereocenters. The van der Waals surface area contributed by atoms with Gasteiger partial charge < -0.3 is 0 Å². The Morgan fingerprint density at radius 1 is 1.36 bits per heavy atom. The van der Waals surface area contributed by atoms with Crippen LogP contribution < -0.4 is 0 Å². The average Bonchev–Trinajstić information content (AvgIpc) is 2.14. The Balaban J connectivity index is 3.36. The van der Waals surface area contributed by atoms with Gasteiger partial charge in [-0.15, -0.1) is 11.6 Å². The Morgan fingerprint density at radius 2 is 1.93 bits per heavy atom. The van der Waals surface area contributed by atoms with E-state index in [9.17, 15) is 13.2 Å². The molecule has 14 heavy (non-hydrogen) atoms. The Kier molecular flexibility index (Phi) is 3.84. The monoisotopic (exact) mass is 286 g/mol. The molecule has 1 aromatic carbocycles. The fraction of sp³-hybridized carbons (Fsp3) is 0.333. The predicted molar refractivity (Wildman–Crippen MR) is 52.9 cm³/mol. The fourth-order valence-corrected chi connectivity index (χ4v) is 2.07. The zero-order valence-electron chi connectivity index (χ0n) is 7.25. The van der Waals surface area contributed by atoms with Gasteiger partial charge in [-0.25, -0.2) is 13.2 Å². The summed E-state index contributed by atoms with van der Waals surface area (Å²) in [6, 6.07) is 0.874. The van der Waals surface area contributed by atoms with Crippen LogP contribution in [0.3, 0.4) is 0 Å². The molecule has 0 aliphatic rings. The molecule has 0 spiro atoms. The second-order valence-electron chi connectivity index (χ2n) is 2.76. The van der Waals surface area contributed by atoms with Crippen LogP contribution in [0.25, 0.3) is 0 Å². The van der Waals surface area contributed by atoms with Crippen molar-refractivity contribution in [2.75, 3.05) is 0 Å². The van der Waals surface area contributed by atoms with E-state index in [0.717, 1.165) is 6.07 Å². The van der Waals surface area contributed by atoms with Crippen LogP contribution in [0.15, 0.2) is 10.5 Å². The van der Waals surface area contributed by atoms with Gasteiger partial charge in [0.15, 0.2) is 17.5 Å². The van der Waals surface area contributed by atoms with E-state index in [0.29, 0.717) is 6.42 Å². The number of benzene rings is 1. The van der Waals surface area contributed by atoms with Gasteiger partial charge in [-0.05, 0) is 12.5 Å². The van der Waals surface area contributed by atoms with Gasteiger partial charge in [0.2, 0.25) is 0 Å². The van der Waals surface area contributed by atoms with E-state index in [1.807, 2.05) is 0 Å². The molecular weight excluding hydrogens is 280 g/mol. The maximum atomic E-state index is 13.2. The molecular formula is C9H7BrClF3. The molecule has 1 rings (SSSR count). The minimum Gasteiger partial charge on any atom is -0.204 e. The predicted octanol–water partition coefficient (Wildman–Crippen LogP) is 4.56. The van der Waals surface area contributed by atoms with Crippen molar-refractivity contribution in [3.63, 3.8) is 0 Å². The van der Waals surface area contributed by atoms with Gasteiger partial charge in [-0.3, -0.25) is 0 Å². The first-order valence-electron chi connectivity index (χ1n) is 3.96. The third-order valence-corrected chi connectivity index (χ3v) is 3.00. The zero-order chi connectivity index (χ0) is 10.9. The largest absolute Gasteiger partial charge is 0.204 e. The third-order valence-electron chi connectivity index (χ3n) is 1.82. The SMILES string of the molecule is CCC(Cl)c1c(Br)cc(F)c(F)c1F. The molecule has 0 amide bonds. The highest BCUT2D eigenvalue weighted by Gasteiger charge is 2.21. The quantitative estimate of drug-likeness (QED) is 0.425. The van der Waals surface area contributed by atoms with Gasteiger partial charge in [-0.2, -0.15) is 0 Å². The van der Waals surface area contributed by atoms with E-state index < -0.39 is 22.8 Å². The van der Waals surface area contributed by atoms with Crippen molar-refractivity contribution in [3.8, 4) is 0 Å². The number of rotatable bonds is 2. The fourth-order valence-electron chi connectivity index (χ4n) is 1.07. The van der Waals surface area contributed by atoms with Crippen LogP contribution in [0.5, 0.6) is 0 Å². The van der Waals surface area contributed by atoms with Gasteiger partial charge in [-0.1, -0.05) is 22.9 Å². The first-order chi connectivity index (χ1) is 6.49. The Bertz CT molecular complexity index is 354. The van der Waals surface area contributed by atoms with Gasteiger partial charge in [0.1, 0.15) is 0 Å². The summed E-state index contributed by atoms with van der Waals surface area (Å²) in [6.45, 7) is 1.73. The van der Waals surface area contributed by atoms with Crippen molar-refractivity contribution < 1.29 is 13.2 Å². The Hall–Kier alpha value is -0.220. The normalized spacial score (nSPS) is 13.0. The summed E-state index contributed by atoms with van der Waals surface area (Å²) in [4.78, 5) is 0. The third kappa shape index (κ3) is 2.06. The Morgan fingerprint density at radius 3 is 2.43 bits per heavy atom. The lowest BCUT2D eigenvalue weighted by Gasteiger charge is -2.11. The molecule has 1 unspecified atom stereocenters. The van der Waals surface area contributed by atoms with Crippen LogP contribution >= 0.6 is 27.5 Å². The molecule has 0 aliphatic carbocycles. The van der Waals surface area contributed by atoms with E-state index in [4.69, 9.17) is 11.6 Å². The van der Waals surface area contributed by atoms with Crippen molar-refractivity contribution >= 4 is 27.5 Å². The number of alkyl halides is 1. The second-order valence-corrected chi connectivity index (χ2v) is 4.14. The van der Waals surface area contributed by atoms with Crippen molar-refractivity contribution in [2.24, 2.45) is 0 Å². The van der Waals surface area contributed by atoms with Gasteiger partial charge in [0.05, 0.1) is 5.38 Å². The summed E-state index contributed by atoms with van der Waals surface area (Å²) >= 11 is 8.71. The molecule has 0 aromatic heterocycles. The topological polar surface area (TPSA) is 0 Å². The molecule has 0 heterocycles. The lowest BCUT2D eigenvalue weighted by molar-refractivity contribution is 0.438. The van der Waals surface area contributed by atoms with E-state index in [1.165, 1.54) is 0 Å². The first kappa shape index (κ1) is 11.9. The summed E-state index contributed by atoms with van der Waals surface area (Å²) in [5.41, 5.74) is -0.0342. The maximum Gasteiger partial charge on any atom is 0.194 e. The van der Waals surface area contributed by atoms with Crippen LogP contribution in [0.2, 0.25) is 0 Å². The van der Waals surface area contributed by atoms with Crippen LogP contribution in [-0.2, 0) is 0 Å². The maximum absolute atomic E-state index is 13.2. The lowest BCUT2D eigenvalue weighted by Crippen LogP contribution is -2.01. The van der Waals surface area contributed by atoms with Crippen LogP contribution in [0, 0.1) is 17.5 Å². The molecule has 0 saturated carbocycles. The number of halogens is 5. The molecule has 5 heteroatoms. The molecule has 0 bridgehead atoms. The Labute approximate surface area is 93.2 Å². The van der Waals surface area contributed by atoms with Crippen molar-refractivity contribution in [3.05, 3.63) is 33.6 Å². The molecule has 0 radical (unpaired) electrons. The zero-order valence-corrected chi connectivity index (χ0v) is 9.59. The molecule has 0 N–H and O–H groups in total. The summed E-state index contributed by atoms with van der Waals surface area (Å²) in [7, 11) is 0. The van der Waals surface area contributed by atoms with E-state index >= 15 is 0 Å². The summed E-state index contributed by atoms with van der Waals surface area (Å²) in [5, 5.41) is -0.667. The highest BCUT2D eigenvalue weighted by atomic mass is 79.9. The molecule has 0 fully saturated rings. The lowest BCUT2D eigenvalue weighted by atomic mass is 10.1. The highest BCUT2D eigenvalue weighted by molar-refractivity contribution is 9.10. The summed E-state index contributed by atoms with van der Waals surface area (Å²) in [6.07, 6.45) is 0.433. The second kappa shape index (κ2) is 4.53. The minimum absolute atomic E-state index is 0.0342. The van der Waals surface area contributed by atoms with Gasteiger partial charge >= 0.3 is 0 Å². The van der Waals surface area contributed by atoms with E-state index in [1.54, 1.807) is 6.92 Å². The average molecular weight is 288 g/mol. The van der Waals surface area contributed by atoms with Crippen LogP contribution in [-0.4, -0.2) is 0 Å². The molecule has 0 nitrogen and oxygen atoms in total. The number of hydrogen-bond donors (Lipinski definition) is 0.